The summed E-state index contributed by atoms with van der Waals surface area (Å²) in [6.45, 7) is 3.72. The second-order valence-electron chi connectivity index (χ2n) is 9.21. The van der Waals surface area contributed by atoms with Crippen LogP contribution in [0.4, 0.5) is 5.82 Å². The van der Waals surface area contributed by atoms with Crippen molar-refractivity contribution < 1.29 is 14.6 Å². The van der Waals surface area contributed by atoms with Crippen LogP contribution in [-0.4, -0.2) is 26.2 Å². The Morgan fingerprint density at radius 3 is 2.70 bits per heavy atom. The van der Waals surface area contributed by atoms with Crippen molar-refractivity contribution >= 4 is 16.7 Å². The quantitative estimate of drug-likeness (QED) is 0.292. The van der Waals surface area contributed by atoms with Gasteiger partial charge in [0.25, 0.3) is 0 Å². The van der Waals surface area contributed by atoms with Crippen LogP contribution in [0.25, 0.3) is 16.9 Å². The highest BCUT2D eigenvalue weighted by Gasteiger charge is 2.22. The molecule has 0 fully saturated rings. The Balaban J connectivity index is 1.28. The molecule has 0 unspecified atom stereocenters. The number of ether oxygens (including phenoxy) is 2. The monoisotopic (exact) mass is 492 g/mol. The largest absolute Gasteiger partial charge is 0.507 e. The van der Waals surface area contributed by atoms with E-state index in [0.29, 0.717) is 31.6 Å². The van der Waals surface area contributed by atoms with Crippen molar-refractivity contribution in [3.8, 4) is 23.3 Å². The van der Waals surface area contributed by atoms with E-state index in [1.807, 2.05) is 66.1 Å². The van der Waals surface area contributed by atoms with Gasteiger partial charge in [-0.05, 0) is 61.2 Å². The second-order valence-corrected chi connectivity index (χ2v) is 9.21. The first-order chi connectivity index (χ1) is 18.2. The van der Waals surface area contributed by atoms with Gasteiger partial charge in [0.05, 0.1) is 17.7 Å². The van der Waals surface area contributed by atoms with Crippen LogP contribution in [0.2, 0.25) is 0 Å². The molecule has 0 saturated carbocycles. The fraction of sp³-hybridized carbons (Fsp3) is 0.200. The lowest BCUT2D eigenvalue weighted by atomic mass is 10.1. The topological polar surface area (TPSA) is 81.4 Å². The number of rotatable bonds is 7. The van der Waals surface area contributed by atoms with E-state index in [-0.39, 0.29) is 5.75 Å². The van der Waals surface area contributed by atoms with E-state index in [4.69, 9.17) is 19.4 Å². The van der Waals surface area contributed by atoms with E-state index in [2.05, 4.69) is 23.5 Å². The molecule has 3 aromatic carbocycles. The van der Waals surface area contributed by atoms with Crippen molar-refractivity contribution in [3.63, 3.8) is 0 Å². The van der Waals surface area contributed by atoms with Crippen molar-refractivity contribution in [2.24, 2.45) is 0 Å². The smallest absolute Gasteiger partial charge is 0.239 e. The minimum atomic E-state index is 0.237. The van der Waals surface area contributed by atoms with Gasteiger partial charge in [-0.25, -0.2) is 0 Å². The van der Waals surface area contributed by atoms with Crippen molar-refractivity contribution in [1.82, 2.24) is 14.5 Å². The standard InChI is InChI=1S/C30H28N4O3/c1-20-16-25-26(13-6-14-27(25)35)34(20)30-32-28(24-12-7-15-36-29(24)33-30)31-18-22-10-5-11-23(17-22)37-19-21-8-3-2-4-9-21/h2-6,8-11,13-14,16-17,35H,7,12,15,18-19H2,1H3,(H,31,32,33). The average molecular weight is 493 g/mol. The fourth-order valence-corrected chi connectivity index (χ4v) is 4.75. The predicted octanol–water partition coefficient (Wildman–Crippen LogP) is 5.95. The molecule has 0 radical (unpaired) electrons. The number of nitrogens with zero attached hydrogens (tertiary/aromatic N) is 3. The van der Waals surface area contributed by atoms with Gasteiger partial charge in [0.2, 0.25) is 11.8 Å². The highest BCUT2D eigenvalue weighted by Crippen LogP contribution is 2.33. The molecule has 1 aliphatic heterocycles. The van der Waals surface area contributed by atoms with E-state index in [1.54, 1.807) is 6.07 Å². The van der Waals surface area contributed by atoms with Gasteiger partial charge in [0.15, 0.2) is 0 Å². The molecule has 0 atom stereocenters. The molecule has 2 aromatic heterocycles. The minimum Gasteiger partial charge on any atom is -0.507 e. The molecule has 1 aliphatic rings. The van der Waals surface area contributed by atoms with Crippen LogP contribution in [0.5, 0.6) is 17.4 Å². The number of hydrogen-bond acceptors (Lipinski definition) is 6. The first kappa shape index (κ1) is 22.9. The lowest BCUT2D eigenvalue weighted by molar-refractivity contribution is 0.275. The minimum absolute atomic E-state index is 0.237. The zero-order valence-electron chi connectivity index (χ0n) is 20.6. The third kappa shape index (κ3) is 4.68. The van der Waals surface area contributed by atoms with Gasteiger partial charge in [-0.3, -0.25) is 4.57 Å². The number of phenolic OH excluding ortho intramolecular Hbond substituents is 1. The second kappa shape index (κ2) is 9.85. The van der Waals surface area contributed by atoms with E-state index in [0.717, 1.165) is 57.7 Å². The molecule has 7 nitrogen and oxygen atoms in total. The van der Waals surface area contributed by atoms with Crippen LogP contribution in [0.3, 0.4) is 0 Å². The molecule has 0 aliphatic carbocycles. The highest BCUT2D eigenvalue weighted by molar-refractivity contribution is 5.88. The van der Waals surface area contributed by atoms with Crippen molar-refractivity contribution in [2.45, 2.75) is 32.9 Å². The van der Waals surface area contributed by atoms with Gasteiger partial charge >= 0.3 is 0 Å². The fourth-order valence-electron chi connectivity index (χ4n) is 4.75. The lowest BCUT2D eigenvalue weighted by Crippen LogP contribution is -2.17. The summed E-state index contributed by atoms with van der Waals surface area (Å²) in [4.78, 5) is 9.70. The van der Waals surface area contributed by atoms with Crippen LogP contribution in [0, 0.1) is 6.92 Å². The van der Waals surface area contributed by atoms with E-state index >= 15 is 0 Å². The maximum Gasteiger partial charge on any atom is 0.239 e. The normalized spacial score (nSPS) is 12.7. The number of aromatic nitrogens is 3. The van der Waals surface area contributed by atoms with Crippen molar-refractivity contribution in [1.29, 1.82) is 0 Å². The summed E-state index contributed by atoms with van der Waals surface area (Å²) in [7, 11) is 0. The van der Waals surface area contributed by atoms with Gasteiger partial charge in [0.1, 0.15) is 23.9 Å². The third-order valence-electron chi connectivity index (χ3n) is 6.58. The highest BCUT2D eigenvalue weighted by atomic mass is 16.5. The summed E-state index contributed by atoms with van der Waals surface area (Å²) in [5.74, 6) is 2.95. The number of nitrogens with one attached hydrogen (secondary N) is 1. The number of hydrogen-bond donors (Lipinski definition) is 2. The number of anilines is 1. The molecular weight excluding hydrogens is 464 g/mol. The average Bonchev–Trinajstić information content (AvgIpc) is 3.28. The molecule has 0 saturated heterocycles. The first-order valence-electron chi connectivity index (χ1n) is 12.5. The molecule has 186 valence electrons. The number of phenols is 1. The summed E-state index contributed by atoms with van der Waals surface area (Å²) in [6.07, 6.45) is 1.77. The maximum atomic E-state index is 10.3. The molecule has 3 heterocycles. The van der Waals surface area contributed by atoms with E-state index in [1.165, 1.54) is 0 Å². The van der Waals surface area contributed by atoms with Gasteiger partial charge in [-0.2, -0.15) is 9.97 Å². The van der Waals surface area contributed by atoms with Gasteiger partial charge in [-0.1, -0.05) is 48.5 Å². The lowest BCUT2D eigenvalue weighted by Gasteiger charge is -2.21. The van der Waals surface area contributed by atoms with Gasteiger partial charge in [0, 0.05) is 17.6 Å². The summed E-state index contributed by atoms with van der Waals surface area (Å²) in [5.41, 5.74) is 4.99. The summed E-state index contributed by atoms with van der Waals surface area (Å²) in [5, 5.41) is 14.6. The van der Waals surface area contributed by atoms with Crippen LogP contribution in [0.15, 0.2) is 78.9 Å². The van der Waals surface area contributed by atoms with Crippen molar-refractivity contribution in [3.05, 3.63) is 101 Å². The van der Waals surface area contributed by atoms with Gasteiger partial charge < -0.3 is 19.9 Å². The van der Waals surface area contributed by atoms with E-state index < -0.39 is 0 Å². The van der Waals surface area contributed by atoms with Crippen molar-refractivity contribution in [2.75, 3.05) is 11.9 Å². The Morgan fingerprint density at radius 2 is 1.81 bits per heavy atom. The van der Waals surface area contributed by atoms with Crippen LogP contribution >= 0.6 is 0 Å². The Kier molecular flexibility index (Phi) is 6.10. The number of fused-ring (bicyclic) bond motifs is 2. The van der Waals surface area contributed by atoms with Gasteiger partial charge in [-0.15, -0.1) is 0 Å². The zero-order chi connectivity index (χ0) is 25.2. The van der Waals surface area contributed by atoms with E-state index in [9.17, 15) is 5.11 Å². The molecule has 0 spiro atoms. The Morgan fingerprint density at radius 1 is 0.973 bits per heavy atom. The predicted molar refractivity (Wildman–Crippen MR) is 144 cm³/mol. The molecule has 37 heavy (non-hydrogen) atoms. The van der Waals surface area contributed by atoms with Crippen LogP contribution in [-0.2, 0) is 19.6 Å². The summed E-state index contributed by atoms with van der Waals surface area (Å²) >= 11 is 0. The molecule has 2 N–H and O–H groups in total. The first-order valence-corrected chi connectivity index (χ1v) is 12.5. The molecule has 7 heteroatoms. The molecule has 6 rings (SSSR count). The number of aromatic hydroxyl groups is 1. The maximum absolute atomic E-state index is 10.3. The Labute approximate surface area is 215 Å². The molecule has 5 aromatic rings. The number of aryl methyl sites for hydroxylation is 1. The Bertz CT molecular complexity index is 1560. The summed E-state index contributed by atoms with van der Waals surface area (Å²) < 4.78 is 13.9. The Hall–Kier alpha value is -4.52. The summed E-state index contributed by atoms with van der Waals surface area (Å²) in [6, 6.07) is 25.7. The molecule has 0 bridgehead atoms. The SMILES string of the molecule is Cc1cc2c(O)cccc2n1-c1nc(NCc2cccc(OCc3ccccc3)c2)c2c(n1)OCCC2. The molecule has 0 amide bonds. The molecular formula is C30H28N4O3. The third-order valence-corrected chi connectivity index (χ3v) is 6.58. The van der Waals surface area contributed by atoms with Crippen LogP contribution < -0.4 is 14.8 Å². The number of benzene rings is 3. The van der Waals surface area contributed by atoms with Crippen LogP contribution in [0.1, 0.15) is 28.8 Å². The zero-order valence-corrected chi connectivity index (χ0v) is 20.6.